The van der Waals surface area contributed by atoms with Gasteiger partial charge in [0.1, 0.15) is 5.82 Å². The Balaban J connectivity index is 1.73. The molecule has 2 aliphatic carbocycles. The van der Waals surface area contributed by atoms with E-state index in [4.69, 9.17) is 11.6 Å². The minimum Gasteiger partial charge on any atom is -0.310 e. The molecule has 3 rings (SSSR count). The predicted molar refractivity (Wildman–Crippen MR) is 81.4 cm³/mol. The van der Waals surface area contributed by atoms with Gasteiger partial charge in [0.05, 0.1) is 5.02 Å². The molecule has 3 heteroatoms. The standard InChI is InChI=1S/C17H23ClFN/c1-2-20-17(13-5-6-15(18)16(19)9-13)10-14-8-11-3-4-12(14)7-11/h5-6,9,11-12,14,17,20H,2-4,7-8,10H2,1H3. The Morgan fingerprint density at radius 1 is 1.35 bits per heavy atom. The van der Waals surface area contributed by atoms with Crippen LogP contribution in [0.4, 0.5) is 4.39 Å². The minimum atomic E-state index is -0.306. The van der Waals surface area contributed by atoms with Gasteiger partial charge in [-0.3, -0.25) is 0 Å². The summed E-state index contributed by atoms with van der Waals surface area (Å²) in [7, 11) is 0. The molecule has 1 nitrogen and oxygen atoms in total. The Bertz CT molecular complexity index is 476. The number of halogens is 2. The summed E-state index contributed by atoms with van der Waals surface area (Å²) in [5.41, 5.74) is 1.04. The molecule has 2 saturated carbocycles. The lowest BCUT2D eigenvalue weighted by atomic mass is 9.82. The van der Waals surface area contributed by atoms with Gasteiger partial charge in [-0.15, -0.1) is 0 Å². The van der Waals surface area contributed by atoms with Crippen molar-refractivity contribution in [2.45, 2.75) is 45.1 Å². The quantitative estimate of drug-likeness (QED) is 0.810. The summed E-state index contributed by atoms with van der Waals surface area (Å²) < 4.78 is 13.7. The van der Waals surface area contributed by atoms with Crippen LogP contribution in [0.3, 0.4) is 0 Å². The summed E-state index contributed by atoms with van der Waals surface area (Å²) in [6, 6.07) is 5.50. The lowest BCUT2D eigenvalue weighted by Gasteiger charge is -2.27. The van der Waals surface area contributed by atoms with Gasteiger partial charge in [0.2, 0.25) is 0 Å². The maximum atomic E-state index is 13.7. The predicted octanol–water partition coefficient (Wildman–Crippen LogP) is 4.96. The second kappa shape index (κ2) is 6.03. The van der Waals surface area contributed by atoms with Crippen molar-refractivity contribution in [2.75, 3.05) is 6.54 Å². The van der Waals surface area contributed by atoms with Crippen molar-refractivity contribution < 1.29 is 4.39 Å². The molecule has 0 spiro atoms. The molecule has 2 bridgehead atoms. The van der Waals surface area contributed by atoms with Crippen molar-refractivity contribution >= 4 is 11.6 Å². The summed E-state index contributed by atoms with van der Waals surface area (Å²) >= 11 is 5.79. The van der Waals surface area contributed by atoms with Crippen LogP contribution in [0.15, 0.2) is 18.2 Å². The fraction of sp³-hybridized carbons (Fsp3) is 0.647. The molecule has 1 N–H and O–H groups in total. The van der Waals surface area contributed by atoms with E-state index in [9.17, 15) is 4.39 Å². The normalized spacial score (nSPS) is 29.9. The highest BCUT2D eigenvalue weighted by atomic mass is 35.5. The van der Waals surface area contributed by atoms with Crippen molar-refractivity contribution in [1.82, 2.24) is 5.32 Å². The first-order valence-corrected chi connectivity index (χ1v) is 8.23. The Hall–Kier alpha value is -0.600. The van der Waals surface area contributed by atoms with Gasteiger partial charge in [0.25, 0.3) is 0 Å². The minimum absolute atomic E-state index is 0.212. The van der Waals surface area contributed by atoms with Gasteiger partial charge in [-0.25, -0.2) is 4.39 Å². The number of hydrogen-bond donors (Lipinski definition) is 1. The van der Waals surface area contributed by atoms with Crippen LogP contribution in [-0.4, -0.2) is 6.54 Å². The molecule has 0 radical (unpaired) electrons. The highest BCUT2D eigenvalue weighted by molar-refractivity contribution is 6.30. The molecule has 0 aromatic heterocycles. The Morgan fingerprint density at radius 3 is 2.80 bits per heavy atom. The van der Waals surface area contributed by atoms with Gasteiger partial charge in [0, 0.05) is 6.04 Å². The molecule has 0 aliphatic heterocycles. The van der Waals surface area contributed by atoms with Crippen LogP contribution < -0.4 is 5.32 Å². The Labute approximate surface area is 125 Å². The van der Waals surface area contributed by atoms with Crippen LogP contribution in [0, 0.1) is 23.6 Å². The monoisotopic (exact) mass is 295 g/mol. The van der Waals surface area contributed by atoms with E-state index in [-0.39, 0.29) is 16.9 Å². The highest BCUT2D eigenvalue weighted by Gasteiger charge is 2.40. The van der Waals surface area contributed by atoms with Crippen LogP contribution in [0.5, 0.6) is 0 Å². The van der Waals surface area contributed by atoms with E-state index < -0.39 is 0 Å². The average molecular weight is 296 g/mol. The number of fused-ring (bicyclic) bond motifs is 2. The molecule has 20 heavy (non-hydrogen) atoms. The zero-order valence-electron chi connectivity index (χ0n) is 12.0. The number of hydrogen-bond acceptors (Lipinski definition) is 1. The van der Waals surface area contributed by atoms with E-state index in [1.165, 1.54) is 25.7 Å². The molecule has 0 amide bonds. The summed E-state index contributed by atoms with van der Waals surface area (Å²) in [4.78, 5) is 0. The summed E-state index contributed by atoms with van der Waals surface area (Å²) in [5.74, 6) is 2.39. The average Bonchev–Trinajstić information content (AvgIpc) is 3.04. The Morgan fingerprint density at radius 2 is 2.20 bits per heavy atom. The largest absolute Gasteiger partial charge is 0.310 e. The van der Waals surface area contributed by atoms with Gasteiger partial charge >= 0.3 is 0 Å². The zero-order chi connectivity index (χ0) is 14.1. The summed E-state index contributed by atoms with van der Waals surface area (Å²) in [6.45, 7) is 3.02. The van der Waals surface area contributed by atoms with Gasteiger partial charge in [0.15, 0.2) is 0 Å². The molecule has 4 atom stereocenters. The topological polar surface area (TPSA) is 12.0 Å². The fourth-order valence-electron chi connectivity index (χ4n) is 4.28. The first-order chi connectivity index (χ1) is 9.67. The van der Waals surface area contributed by atoms with E-state index in [2.05, 4.69) is 12.2 Å². The maximum Gasteiger partial charge on any atom is 0.142 e. The van der Waals surface area contributed by atoms with Crippen LogP contribution in [0.2, 0.25) is 5.02 Å². The zero-order valence-corrected chi connectivity index (χ0v) is 12.8. The second-order valence-electron chi connectivity index (χ2n) is 6.45. The molecule has 0 saturated heterocycles. The molecule has 4 unspecified atom stereocenters. The third kappa shape index (κ3) is 2.87. The molecular weight excluding hydrogens is 273 g/mol. The molecule has 1 aromatic rings. The van der Waals surface area contributed by atoms with Gasteiger partial charge in [-0.2, -0.15) is 0 Å². The number of nitrogens with one attached hydrogen (secondary N) is 1. The molecule has 2 fully saturated rings. The molecule has 0 heterocycles. The highest BCUT2D eigenvalue weighted by Crippen LogP contribution is 2.51. The van der Waals surface area contributed by atoms with Crippen molar-refractivity contribution in [3.8, 4) is 0 Å². The van der Waals surface area contributed by atoms with Crippen LogP contribution in [0.25, 0.3) is 0 Å². The fourth-order valence-corrected chi connectivity index (χ4v) is 4.40. The van der Waals surface area contributed by atoms with E-state index in [0.717, 1.165) is 36.3 Å². The van der Waals surface area contributed by atoms with E-state index >= 15 is 0 Å². The van der Waals surface area contributed by atoms with E-state index in [1.54, 1.807) is 12.1 Å². The lowest BCUT2D eigenvalue weighted by Crippen LogP contribution is -2.25. The maximum absolute atomic E-state index is 13.7. The first-order valence-electron chi connectivity index (χ1n) is 7.85. The van der Waals surface area contributed by atoms with Crippen LogP contribution in [-0.2, 0) is 0 Å². The summed E-state index contributed by atoms with van der Waals surface area (Å²) in [5, 5.41) is 3.73. The van der Waals surface area contributed by atoms with Crippen molar-refractivity contribution in [3.63, 3.8) is 0 Å². The van der Waals surface area contributed by atoms with Crippen LogP contribution >= 0.6 is 11.6 Å². The van der Waals surface area contributed by atoms with Crippen molar-refractivity contribution in [2.24, 2.45) is 17.8 Å². The molecule has 110 valence electrons. The molecular formula is C17H23ClFN. The van der Waals surface area contributed by atoms with Crippen molar-refractivity contribution in [3.05, 3.63) is 34.6 Å². The third-order valence-corrected chi connectivity index (χ3v) is 5.53. The summed E-state index contributed by atoms with van der Waals surface area (Å²) in [6.07, 6.45) is 6.78. The van der Waals surface area contributed by atoms with E-state index in [0.29, 0.717) is 0 Å². The second-order valence-corrected chi connectivity index (χ2v) is 6.86. The van der Waals surface area contributed by atoms with Gasteiger partial charge in [-0.05, 0) is 67.7 Å². The van der Waals surface area contributed by atoms with Crippen molar-refractivity contribution in [1.29, 1.82) is 0 Å². The molecule has 1 aromatic carbocycles. The number of rotatable bonds is 5. The number of benzene rings is 1. The lowest BCUT2D eigenvalue weighted by molar-refractivity contribution is 0.280. The van der Waals surface area contributed by atoms with Gasteiger partial charge in [-0.1, -0.05) is 31.0 Å². The SMILES string of the molecule is CCNC(CC1CC2CCC1C2)c1ccc(Cl)c(F)c1. The van der Waals surface area contributed by atoms with Crippen LogP contribution in [0.1, 0.15) is 50.6 Å². The van der Waals surface area contributed by atoms with E-state index in [1.807, 2.05) is 6.07 Å². The first kappa shape index (κ1) is 14.3. The Kier molecular flexibility index (Phi) is 4.32. The molecule has 2 aliphatic rings. The van der Waals surface area contributed by atoms with Gasteiger partial charge < -0.3 is 5.32 Å². The third-order valence-electron chi connectivity index (χ3n) is 5.22. The smallest absolute Gasteiger partial charge is 0.142 e.